The Hall–Kier alpha value is -1.42. The molecule has 1 unspecified atom stereocenters. The van der Waals surface area contributed by atoms with Crippen LogP contribution in [0.1, 0.15) is 6.42 Å². The van der Waals surface area contributed by atoms with Gasteiger partial charge in [0, 0.05) is 41.0 Å². The normalized spacial score (nSPS) is 20.2. The van der Waals surface area contributed by atoms with Gasteiger partial charge in [-0.2, -0.15) is 0 Å². The van der Waals surface area contributed by atoms with Gasteiger partial charge in [-0.05, 0) is 12.1 Å². The number of hydrogen-bond acceptors (Lipinski definition) is 2. The topological polar surface area (TPSA) is 33.2 Å². The lowest BCUT2D eigenvalue weighted by atomic mass is 10.1. The fourth-order valence-corrected chi connectivity index (χ4v) is 2.80. The molecule has 0 radical (unpaired) electrons. The number of fused-ring (bicyclic) bond motifs is 1. The fourth-order valence-electron chi connectivity index (χ4n) is 2.24. The van der Waals surface area contributed by atoms with Crippen molar-refractivity contribution >= 4 is 38.3 Å². The zero-order valence-electron chi connectivity index (χ0n) is 9.14. The first-order chi connectivity index (χ1) is 8.25. The van der Waals surface area contributed by atoms with Gasteiger partial charge in [-0.25, -0.2) is 0 Å². The van der Waals surface area contributed by atoms with Crippen LogP contribution in [-0.4, -0.2) is 22.3 Å². The number of carbonyl (C=O) groups excluding carboxylic acids is 1. The van der Waals surface area contributed by atoms with Crippen molar-refractivity contribution in [2.45, 2.75) is 11.2 Å². The van der Waals surface area contributed by atoms with E-state index in [4.69, 9.17) is 0 Å². The minimum atomic E-state index is 0.177. The SMILES string of the molecule is O=C1CC(Br)CN1c1cccc2cnccc12. The molecule has 1 aromatic carbocycles. The Kier molecular flexibility index (Phi) is 2.59. The van der Waals surface area contributed by atoms with Crippen molar-refractivity contribution in [1.29, 1.82) is 0 Å². The monoisotopic (exact) mass is 290 g/mol. The average molecular weight is 291 g/mol. The van der Waals surface area contributed by atoms with E-state index in [1.807, 2.05) is 35.4 Å². The first-order valence-electron chi connectivity index (χ1n) is 5.53. The van der Waals surface area contributed by atoms with E-state index in [9.17, 15) is 4.79 Å². The zero-order chi connectivity index (χ0) is 11.8. The lowest BCUT2D eigenvalue weighted by molar-refractivity contribution is -0.117. The summed E-state index contributed by atoms with van der Waals surface area (Å²) in [5, 5.41) is 2.15. The molecule has 1 aliphatic rings. The van der Waals surface area contributed by atoms with E-state index in [0.717, 1.165) is 23.0 Å². The number of amides is 1. The molecule has 1 atom stereocenters. The molecule has 1 fully saturated rings. The van der Waals surface area contributed by atoms with Gasteiger partial charge in [0.1, 0.15) is 0 Å². The van der Waals surface area contributed by atoms with Gasteiger partial charge >= 0.3 is 0 Å². The first-order valence-corrected chi connectivity index (χ1v) is 6.44. The number of halogens is 1. The molecule has 0 N–H and O–H groups in total. The van der Waals surface area contributed by atoms with Crippen LogP contribution in [0.15, 0.2) is 36.7 Å². The van der Waals surface area contributed by atoms with Crippen LogP contribution in [0.4, 0.5) is 5.69 Å². The Bertz CT molecular complexity index is 579. The Morgan fingerprint density at radius 2 is 2.24 bits per heavy atom. The van der Waals surface area contributed by atoms with Gasteiger partial charge < -0.3 is 4.90 Å². The van der Waals surface area contributed by atoms with Crippen molar-refractivity contribution < 1.29 is 4.79 Å². The maximum atomic E-state index is 11.9. The molecular weight excluding hydrogens is 280 g/mol. The van der Waals surface area contributed by atoms with Gasteiger partial charge in [0.15, 0.2) is 0 Å². The van der Waals surface area contributed by atoms with Crippen molar-refractivity contribution in [1.82, 2.24) is 4.98 Å². The highest BCUT2D eigenvalue weighted by molar-refractivity contribution is 9.09. The molecule has 4 heteroatoms. The summed E-state index contributed by atoms with van der Waals surface area (Å²) in [5.74, 6) is 0.177. The molecule has 3 rings (SSSR count). The van der Waals surface area contributed by atoms with Crippen molar-refractivity contribution in [3.8, 4) is 0 Å². The van der Waals surface area contributed by atoms with Crippen LogP contribution < -0.4 is 4.90 Å². The molecule has 1 amide bonds. The molecule has 1 aliphatic heterocycles. The summed E-state index contributed by atoms with van der Waals surface area (Å²) in [7, 11) is 0. The van der Waals surface area contributed by atoms with Crippen molar-refractivity contribution in [3.05, 3.63) is 36.7 Å². The molecule has 0 bridgehead atoms. The number of aromatic nitrogens is 1. The molecule has 86 valence electrons. The second-order valence-corrected chi connectivity index (χ2v) is 5.47. The molecule has 2 heterocycles. The lowest BCUT2D eigenvalue weighted by Crippen LogP contribution is -2.24. The largest absolute Gasteiger partial charge is 0.311 e. The third kappa shape index (κ3) is 1.82. The van der Waals surface area contributed by atoms with E-state index < -0.39 is 0 Å². The number of carbonyl (C=O) groups is 1. The van der Waals surface area contributed by atoms with Gasteiger partial charge in [0.2, 0.25) is 5.91 Å². The van der Waals surface area contributed by atoms with Gasteiger partial charge in [-0.1, -0.05) is 28.1 Å². The van der Waals surface area contributed by atoms with Crippen LogP contribution in [-0.2, 0) is 4.79 Å². The van der Waals surface area contributed by atoms with E-state index in [0.29, 0.717) is 6.42 Å². The summed E-state index contributed by atoms with van der Waals surface area (Å²) in [6.45, 7) is 0.736. The number of alkyl halides is 1. The minimum Gasteiger partial charge on any atom is -0.311 e. The number of hydrogen-bond donors (Lipinski definition) is 0. The van der Waals surface area contributed by atoms with Crippen LogP contribution in [0.2, 0.25) is 0 Å². The average Bonchev–Trinajstić information content (AvgIpc) is 2.68. The molecule has 0 aliphatic carbocycles. The maximum absolute atomic E-state index is 11.9. The highest BCUT2D eigenvalue weighted by atomic mass is 79.9. The molecule has 0 spiro atoms. The Balaban J connectivity index is 2.14. The quantitative estimate of drug-likeness (QED) is 0.757. The van der Waals surface area contributed by atoms with Crippen LogP contribution in [0.5, 0.6) is 0 Å². The molecule has 1 aromatic heterocycles. The summed E-state index contributed by atoms with van der Waals surface area (Å²) in [6.07, 6.45) is 4.16. The number of anilines is 1. The highest BCUT2D eigenvalue weighted by Crippen LogP contribution is 2.31. The summed E-state index contributed by atoms with van der Waals surface area (Å²) < 4.78 is 0. The fraction of sp³-hybridized carbons (Fsp3) is 0.231. The number of benzene rings is 1. The van der Waals surface area contributed by atoms with Crippen molar-refractivity contribution in [2.75, 3.05) is 11.4 Å². The molecule has 3 nitrogen and oxygen atoms in total. The standard InChI is InChI=1S/C13H11BrN2O/c14-10-6-13(17)16(8-10)12-3-1-2-9-7-15-5-4-11(9)12/h1-5,7,10H,6,8H2. The Morgan fingerprint density at radius 1 is 1.35 bits per heavy atom. The Labute approximate surface area is 108 Å². The summed E-state index contributed by atoms with van der Waals surface area (Å²) in [4.78, 5) is 18.1. The second-order valence-electron chi connectivity index (χ2n) is 4.18. The van der Waals surface area contributed by atoms with Crippen molar-refractivity contribution in [2.24, 2.45) is 0 Å². The number of rotatable bonds is 1. The third-order valence-corrected chi connectivity index (χ3v) is 3.64. The highest BCUT2D eigenvalue weighted by Gasteiger charge is 2.29. The molecular formula is C13H11BrN2O. The van der Waals surface area contributed by atoms with Gasteiger partial charge in [0.05, 0.1) is 5.69 Å². The summed E-state index contributed by atoms with van der Waals surface area (Å²) in [6, 6.07) is 7.93. The third-order valence-electron chi connectivity index (χ3n) is 3.03. The van der Waals surface area contributed by atoms with Gasteiger partial charge in [-0.3, -0.25) is 9.78 Å². The molecule has 1 saturated heterocycles. The van der Waals surface area contributed by atoms with Crippen LogP contribution in [0.3, 0.4) is 0 Å². The molecule has 0 saturated carbocycles. The predicted molar refractivity (Wildman–Crippen MR) is 71.4 cm³/mol. The van der Waals surface area contributed by atoms with Crippen molar-refractivity contribution in [3.63, 3.8) is 0 Å². The van der Waals surface area contributed by atoms with Gasteiger partial charge in [-0.15, -0.1) is 0 Å². The zero-order valence-corrected chi connectivity index (χ0v) is 10.7. The minimum absolute atomic E-state index is 0.177. The van der Waals surface area contributed by atoms with E-state index in [-0.39, 0.29) is 10.7 Å². The second kappa shape index (κ2) is 4.11. The summed E-state index contributed by atoms with van der Waals surface area (Å²) in [5.41, 5.74) is 0.983. The Morgan fingerprint density at radius 3 is 3.00 bits per heavy atom. The van der Waals surface area contributed by atoms with E-state index in [1.165, 1.54) is 0 Å². The predicted octanol–water partition coefficient (Wildman–Crippen LogP) is 2.74. The van der Waals surface area contributed by atoms with Crippen LogP contribution in [0.25, 0.3) is 10.8 Å². The maximum Gasteiger partial charge on any atom is 0.228 e. The smallest absolute Gasteiger partial charge is 0.228 e. The lowest BCUT2D eigenvalue weighted by Gasteiger charge is -2.18. The first kappa shape index (κ1) is 10.7. The summed E-state index contributed by atoms with van der Waals surface area (Å²) >= 11 is 3.51. The van der Waals surface area contributed by atoms with E-state index >= 15 is 0 Å². The van der Waals surface area contributed by atoms with E-state index in [2.05, 4.69) is 20.9 Å². The van der Waals surface area contributed by atoms with Crippen LogP contribution in [0, 0.1) is 0 Å². The number of pyridine rings is 1. The van der Waals surface area contributed by atoms with E-state index in [1.54, 1.807) is 6.20 Å². The number of nitrogens with zero attached hydrogens (tertiary/aromatic N) is 2. The van der Waals surface area contributed by atoms with Gasteiger partial charge in [0.25, 0.3) is 0 Å². The molecule has 17 heavy (non-hydrogen) atoms. The van der Waals surface area contributed by atoms with Crippen LogP contribution >= 0.6 is 15.9 Å². The molecule has 2 aromatic rings.